The van der Waals surface area contributed by atoms with Gasteiger partial charge in [0.05, 0.1) is 16.6 Å². The molecule has 6 heteroatoms. The largest absolute Gasteiger partial charge is 0.316 e. The number of fused-ring (bicyclic) bond motifs is 5. The zero-order chi connectivity index (χ0) is 27.3. The van der Waals surface area contributed by atoms with E-state index in [9.17, 15) is 0 Å². The van der Waals surface area contributed by atoms with Crippen LogP contribution in [-0.2, 0) is 0 Å². The molecule has 41 heavy (non-hydrogen) atoms. The minimum atomic E-state index is 0.583. The van der Waals surface area contributed by atoms with E-state index in [1.54, 1.807) is 0 Å². The predicted molar refractivity (Wildman–Crippen MR) is 170 cm³/mol. The maximum Gasteiger partial charge on any atom is 0.238 e. The molecule has 5 aromatic carbocycles. The first kappa shape index (κ1) is 23.8. The van der Waals surface area contributed by atoms with Crippen molar-refractivity contribution in [2.24, 2.45) is 0 Å². The van der Waals surface area contributed by atoms with Crippen molar-refractivity contribution in [3.8, 4) is 34.4 Å². The van der Waals surface area contributed by atoms with Crippen LogP contribution >= 0.6 is 15.9 Å². The standard InChI is InChI=1S/C35H22BrN5/c36-25-16-18-31-29(22-25)27-17-19-30-28(20-21-40(30)26-14-8-3-9-15-26)32(27)41(31)35-38-33(23-10-4-1-5-11-23)37-34(39-35)24-12-6-2-7-13-24/h1-22H. The lowest BCUT2D eigenvalue weighted by atomic mass is 10.1. The number of hydrogen-bond donors (Lipinski definition) is 0. The molecule has 0 atom stereocenters. The van der Waals surface area contributed by atoms with Crippen LogP contribution < -0.4 is 0 Å². The Kier molecular flexibility index (Phi) is 5.53. The van der Waals surface area contributed by atoms with Crippen molar-refractivity contribution in [1.82, 2.24) is 24.1 Å². The van der Waals surface area contributed by atoms with Crippen molar-refractivity contribution in [3.63, 3.8) is 0 Å². The van der Waals surface area contributed by atoms with E-state index in [1.807, 2.05) is 66.7 Å². The van der Waals surface area contributed by atoms with E-state index in [2.05, 4.69) is 91.9 Å². The summed E-state index contributed by atoms with van der Waals surface area (Å²) in [4.78, 5) is 15.1. The molecule has 3 aromatic heterocycles. The van der Waals surface area contributed by atoms with Crippen molar-refractivity contribution < 1.29 is 0 Å². The Hall–Kier alpha value is -5.07. The van der Waals surface area contributed by atoms with E-state index in [-0.39, 0.29) is 0 Å². The fourth-order valence-electron chi connectivity index (χ4n) is 5.62. The summed E-state index contributed by atoms with van der Waals surface area (Å²) in [5.74, 6) is 1.85. The van der Waals surface area contributed by atoms with Crippen LogP contribution in [0.1, 0.15) is 0 Å². The Balaban J connectivity index is 1.49. The zero-order valence-electron chi connectivity index (χ0n) is 21.8. The zero-order valence-corrected chi connectivity index (χ0v) is 23.4. The molecule has 8 aromatic rings. The Morgan fingerprint density at radius 2 is 1.12 bits per heavy atom. The van der Waals surface area contributed by atoms with Crippen LogP contribution in [0.5, 0.6) is 0 Å². The molecule has 0 N–H and O–H groups in total. The molecule has 0 aliphatic carbocycles. The summed E-state index contributed by atoms with van der Waals surface area (Å²) >= 11 is 3.70. The van der Waals surface area contributed by atoms with Crippen LogP contribution in [0.3, 0.4) is 0 Å². The van der Waals surface area contributed by atoms with Gasteiger partial charge in [-0.1, -0.05) is 101 Å². The van der Waals surface area contributed by atoms with E-state index in [0.29, 0.717) is 17.6 Å². The fraction of sp³-hybridized carbons (Fsp3) is 0. The molecule has 194 valence electrons. The number of para-hydroxylation sites is 1. The summed E-state index contributed by atoms with van der Waals surface area (Å²) in [6.45, 7) is 0. The van der Waals surface area contributed by atoms with Crippen molar-refractivity contribution >= 4 is 48.6 Å². The minimum Gasteiger partial charge on any atom is -0.316 e. The number of benzene rings is 5. The lowest BCUT2D eigenvalue weighted by Crippen LogP contribution is -2.06. The van der Waals surface area contributed by atoms with Gasteiger partial charge in [0.1, 0.15) is 0 Å². The average Bonchev–Trinajstić information content (AvgIpc) is 3.61. The topological polar surface area (TPSA) is 48.5 Å². The summed E-state index contributed by atoms with van der Waals surface area (Å²) < 4.78 is 5.44. The van der Waals surface area contributed by atoms with Crippen molar-refractivity contribution in [1.29, 1.82) is 0 Å². The average molecular weight is 593 g/mol. The first-order valence-corrected chi connectivity index (χ1v) is 14.2. The maximum absolute atomic E-state index is 5.09. The van der Waals surface area contributed by atoms with Crippen LogP contribution in [0.25, 0.3) is 67.1 Å². The molecular weight excluding hydrogens is 570 g/mol. The predicted octanol–water partition coefficient (Wildman–Crippen LogP) is 9.01. The third-order valence-corrected chi connectivity index (χ3v) is 7.97. The number of aromatic nitrogens is 5. The quantitative estimate of drug-likeness (QED) is 0.205. The van der Waals surface area contributed by atoms with Gasteiger partial charge < -0.3 is 4.57 Å². The molecule has 0 amide bonds. The normalized spacial score (nSPS) is 11.5. The van der Waals surface area contributed by atoms with Gasteiger partial charge in [-0.15, -0.1) is 0 Å². The molecule has 0 aliphatic rings. The molecule has 0 spiro atoms. The Morgan fingerprint density at radius 3 is 1.78 bits per heavy atom. The molecule has 0 aliphatic heterocycles. The molecule has 0 unspecified atom stereocenters. The molecule has 0 radical (unpaired) electrons. The first-order valence-electron chi connectivity index (χ1n) is 13.4. The van der Waals surface area contributed by atoms with E-state index in [4.69, 9.17) is 15.0 Å². The van der Waals surface area contributed by atoms with Crippen LogP contribution in [0.15, 0.2) is 138 Å². The highest BCUT2D eigenvalue weighted by Crippen LogP contribution is 2.38. The maximum atomic E-state index is 5.09. The highest BCUT2D eigenvalue weighted by Gasteiger charge is 2.20. The lowest BCUT2D eigenvalue weighted by Gasteiger charge is -2.11. The minimum absolute atomic E-state index is 0.583. The molecule has 3 heterocycles. The first-order chi connectivity index (χ1) is 20.2. The summed E-state index contributed by atoms with van der Waals surface area (Å²) in [5, 5.41) is 3.40. The molecule has 0 saturated heterocycles. The second-order valence-corrected chi connectivity index (χ2v) is 10.8. The second-order valence-electron chi connectivity index (χ2n) is 9.93. The van der Waals surface area contributed by atoms with Gasteiger partial charge in [0.2, 0.25) is 5.95 Å². The van der Waals surface area contributed by atoms with E-state index in [1.165, 1.54) is 0 Å². The van der Waals surface area contributed by atoms with E-state index < -0.39 is 0 Å². The summed E-state index contributed by atoms with van der Waals surface area (Å²) in [6, 6.07) is 43.6. The van der Waals surface area contributed by atoms with Crippen LogP contribution in [0.4, 0.5) is 0 Å². The van der Waals surface area contributed by atoms with Gasteiger partial charge in [-0.05, 0) is 42.5 Å². The molecular formula is C35H22BrN5. The van der Waals surface area contributed by atoms with Gasteiger partial charge in [0, 0.05) is 43.6 Å². The summed E-state index contributed by atoms with van der Waals surface area (Å²) in [5.41, 5.74) is 6.22. The van der Waals surface area contributed by atoms with Gasteiger partial charge in [0.25, 0.3) is 0 Å². The van der Waals surface area contributed by atoms with Gasteiger partial charge in [-0.2, -0.15) is 9.97 Å². The molecule has 8 rings (SSSR count). The van der Waals surface area contributed by atoms with Crippen LogP contribution in [-0.4, -0.2) is 24.1 Å². The monoisotopic (exact) mass is 591 g/mol. The SMILES string of the molecule is Brc1ccc2c(c1)c1ccc3c(ccn3-c3ccccc3)c1n2-c1nc(-c2ccccc2)nc(-c2ccccc2)n1. The van der Waals surface area contributed by atoms with Crippen LogP contribution in [0.2, 0.25) is 0 Å². The number of rotatable bonds is 4. The van der Waals surface area contributed by atoms with E-state index >= 15 is 0 Å². The van der Waals surface area contributed by atoms with Gasteiger partial charge >= 0.3 is 0 Å². The Bertz CT molecular complexity index is 2140. The Labute approximate surface area is 244 Å². The van der Waals surface area contributed by atoms with Crippen molar-refractivity contribution in [2.75, 3.05) is 0 Å². The van der Waals surface area contributed by atoms with Gasteiger partial charge in [-0.25, -0.2) is 4.98 Å². The van der Waals surface area contributed by atoms with Gasteiger partial charge in [-0.3, -0.25) is 4.57 Å². The summed E-state index contributed by atoms with van der Waals surface area (Å²) in [7, 11) is 0. The second kappa shape index (κ2) is 9.54. The smallest absolute Gasteiger partial charge is 0.238 e. The Morgan fingerprint density at radius 1 is 0.512 bits per heavy atom. The van der Waals surface area contributed by atoms with Crippen molar-refractivity contribution in [2.45, 2.75) is 0 Å². The number of hydrogen-bond acceptors (Lipinski definition) is 3. The highest BCUT2D eigenvalue weighted by molar-refractivity contribution is 9.10. The van der Waals surface area contributed by atoms with Gasteiger partial charge in [0.15, 0.2) is 11.6 Å². The molecule has 0 saturated carbocycles. The van der Waals surface area contributed by atoms with Crippen molar-refractivity contribution in [3.05, 3.63) is 138 Å². The summed E-state index contributed by atoms with van der Waals surface area (Å²) in [6.07, 6.45) is 2.13. The fourth-order valence-corrected chi connectivity index (χ4v) is 5.98. The third kappa shape index (κ3) is 3.95. The molecule has 0 bridgehead atoms. The molecule has 0 fully saturated rings. The lowest BCUT2D eigenvalue weighted by molar-refractivity contribution is 0.955. The molecule has 5 nitrogen and oxygen atoms in total. The van der Waals surface area contributed by atoms with E-state index in [0.717, 1.165) is 54.0 Å². The van der Waals surface area contributed by atoms with Crippen LogP contribution in [0, 0.1) is 0 Å². The number of nitrogens with zero attached hydrogens (tertiary/aromatic N) is 5. The highest BCUT2D eigenvalue weighted by atomic mass is 79.9. The third-order valence-electron chi connectivity index (χ3n) is 7.48. The number of halogens is 1.